The first-order valence-corrected chi connectivity index (χ1v) is 14.2. The molecular weight excluding hydrogens is 456 g/mol. The van der Waals surface area contributed by atoms with Crippen molar-refractivity contribution in [2.45, 2.75) is 130 Å². The molecule has 0 aliphatic heterocycles. The lowest BCUT2D eigenvalue weighted by Crippen LogP contribution is -2.58. The van der Waals surface area contributed by atoms with Gasteiger partial charge in [-0.3, -0.25) is 14.4 Å². The fourth-order valence-electron chi connectivity index (χ4n) is 8.19. The highest BCUT2D eigenvalue weighted by Gasteiger charge is 2.59. The van der Waals surface area contributed by atoms with E-state index in [0.29, 0.717) is 31.1 Å². The lowest BCUT2D eigenvalue weighted by Gasteiger charge is -2.62. The Hall–Kier alpha value is -1.43. The molecule has 36 heavy (non-hydrogen) atoms. The predicted octanol–water partition coefficient (Wildman–Crippen LogP) is 6.18. The number of carbonyl (C=O) groups is 3. The molecule has 206 valence electrons. The lowest BCUT2D eigenvalue weighted by molar-refractivity contribution is -0.183. The van der Waals surface area contributed by atoms with Gasteiger partial charge in [-0.1, -0.05) is 20.3 Å². The first-order valence-electron chi connectivity index (χ1n) is 14.2. The summed E-state index contributed by atoms with van der Waals surface area (Å²) in [5, 5.41) is 20.9. The maximum absolute atomic E-state index is 13.7. The van der Waals surface area contributed by atoms with Gasteiger partial charge < -0.3 is 14.9 Å². The van der Waals surface area contributed by atoms with E-state index in [9.17, 15) is 24.6 Å². The summed E-state index contributed by atoms with van der Waals surface area (Å²) in [5.74, 6) is -0.752. The fraction of sp³-hybridized carbons (Fsp3) is 0.900. The van der Waals surface area contributed by atoms with Gasteiger partial charge in [0.15, 0.2) is 0 Å². The minimum Gasteiger partial charge on any atom is -0.481 e. The van der Waals surface area contributed by atoms with E-state index >= 15 is 0 Å². The standard InChI is InChI=1S/C30H50O6/c1-8-21(11-22(17-28(6,7)26(33)34)25(32)36-27(3,4)5)24(31)12-23(9-2)29-13-19-10-20(14-29)16-30(35,15-19)18-29/h19-23,35H,8-18H2,1-7H3,(H,33,34). The Labute approximate surface area is 217 Å². The molecule has 0 aromatic heterocycles. The van der Waals surface area contributed by atoms with Gasteiger partial charge in [-0.25, -0.2) is 0 Å². The minimum absolute atomic E-state index is 0.0530. The zero-order valence-corrected chi connectivity index (χ0v) is 23.7. The zero-order valence-electron chi connectivity index (χ0n) is 23.7. The predicted molar refractivity (Wildman–Crippen MR) is 139 cm³/mol. The van der Waals surface area contributed by atoms with Crippen LogP contribution in [0.3, 0.4) is 0 Å². The molecule has 4 aliphatic carbocycles. The SMILES string of the molecule is CCC(CC(CC(C)(C)C(=O)O)C(=O)OC(C)(C)C)C(=O)CC(CC)C12CC3CC(CC(O)(C3)C1)C2. The Morgan fingerprint density at radius 1 is 0.944 bits per heavy atom. The normalized spacial score (nSPS) is 32.1. The maximum Gasteiger partial charge on any atom is 0.309 e. The first-order chi connectivity index (χ1) is 16.5. The van der Waals surface area contributed by atoms with Crippen molar-refractivity contribution in [2.75, 3.05) is 0 Å². The van der Waals surface area contributed by atoms with Gasteiger partial charge in [0.05, 0.1) is 16.9 Å². The van der Waals surface area contributed by atoms with Crippen LogP contribution in [-0.2, 0) is 19.1 Å². The molecule has 0 aromatic carbocycles. The van der Waals surface area contributed by atoms with Gasteiger partial charge in [0.25, 0.3) is 0 Å². The molecular formula is C30H50O6. The number of ether oxygens (including phenoxy) is 1. The zero-order chi connectivity index (χ0) is 27.1. The van der Waals surface area contributed by atoms with Gasteiger partial charge in [0, 0.05) is 12.3 Å². The highest BCUT2D eigenvalue weighted by Crippen LogP contribution is 2.65. The molecule has 0 heterocycles. The van der Waals surface area contributed by atoms with Gasteiger partial charge in [-0.2, -0.15) is 0 Å². The van der Waals surface area contributed by atoms with Crippen molar-refractivity contribution in [1.29, 1.82) is 0 Å². The molecule has 4 bridgehead atoms. The average Bonchev–Trinajstić information content (AvgIpc) is 2.71. The summed E-state index contributed by atoms with van der Waals surface area (Å²) in [6.07, 6.45) is 8.61. The minimum atomic E-state index is -1.09. The third kappa shape index (κ3) is 6.52. The number of esters is 1. The summed E-state index contributed by atoms with van der Waals surface area (Å²) in [5.41, 5.74) is -2.27. The topological polar surface area (TPSA) is 101 Å². The van der Waals surface area contributed by atoms with E-state index in [1.165, 1.54) is 6.42 Å². The van der Waals surface area contributed by atoms with Gasteiger partial charge in [0.1, 0.15) is 11.4 Å². The molecule has 5 unspecified atom stereocenters. The molecule has 4 fully saturated rings. The van der Waals surface area contributed by atoms with Crippen LogP contribution in [0.15, 0.2) is 0 Å². The Balaban J connectivity index is 1.75. The van der Waals surface area contributed by atoms with Crippen LogP contribution in [0.4, 0.5) is 0 Å². The van der Waals surface area contributed by atoms with Crippen molar-refractivity contribution >= 4 is 17.7 Å². The second-order valence-electron chi connectivity index (χ2n) is 14.3. The molecule has 5 atom stereocenters. The molecule has 0 aromatic rings. The molecule has 4 rings (SSSR count). The molecule has 4 saturated carbocycles. The Morgan fingerprint density at radius 3 is 1.97 bits per heavy atom. The Morgan fingerprint density at radius 2 is 1.53 bits per heavy atom. The van der Waals surface area contributed by atoms with E-state index in [4.69, 9.17) is 4.74 Å². The molecule has 6 nitrogen and oxygen atoms in total. The van der Waals surface area contributed by atoms with Gasteiger partial charge in [-0.05, 0) is 116 Å². The monoisotopic (exact) mass is 506 g/mol. The second-order valence-corrected chi connectivity index (χ2v) is 14.3. The van der Waals surface area contributed by atoms with Crippen molar-refractivity contribution in [3.63, 3.8) is 0 Å². The largest absolute Gasteiger partial charge is 0.481 e. The number of aliphatic carboxylic acids is 1. The van der Waals surface area contributed by atoms with Gasteiger partial charge in [-0.15, -0.1) is 0 Å². The van der Waals surface area contributed by atoms with Crippen LogP contribution >= 0.6 is 0 Å². The van der Waals surface area contributed by atoms with Crippen LogP contribution in [0.25, 0.3) is 0 Å². The number of ketones is 1. The van der Waals surface area contributed by atoms with Crippen molar-refractivity contribution in [2.24, 2.45) is 40.4 Å². The molecule has 6 heteroatoms. The fourth-order valence-corrected chi connectivity index (χ4v) is 8.19. The van der Waals surface area contributed by atoms with E-state index < -0.39 is 34.5 Å². The molecule has 2 N–H and O–H groups in total. The van der Waals surface area contributed by atoms with E-state index in [-0.39, 0.29) is 29.5 Å². The van der Waals surface area contributed by atoms with E-state index in [0.717, 1.165) is 38.5 Å². The summed E-state index contributed by atoms with van der Waals surface area (Å²) < 4.78 is 5.66. The molecule has 0 spiro atoms. The van der Waals surface area contributed by atoms with Crippen LogP contribution in [0.5, 0.6) is 0 Å². The summed E-state index contributed by atoms with van der Waals surface area (Å²) in [7, 11) is 0. The van der Waals surface area contributed by atoms with Crippen LogP contribution in [0.1, 0.15) is 119 Å². The van der Waals surface area contributed by atoms with Crippen molar-refractivity contribution in [3.05, 3.63) is 0 Å². The Kier molecular flexibility index (Phi) is 8.40. The van der Waals surface area contributed by atoms with E-state index in [1.807, 2.05) is 6.92 Å². The highest BCUT2D eigenvalue weighted by atomic mass is 16.6. The first kappa shape index (κ1) is 29.1. The third-order valence-corrected chi connectivity index (χ3v) is 9.47. The van der Waals surface area contributed by atoms with Crippen molar-refractivity contribution < 1.29 is 29.3 Å². The number of carboxylic acids is 1. The van der Waals surface area contributed by atoms with Crippen LogP contribution in [-0.4, -0.2) is 39.1 Å². The quantitative estimate of drug-likeness (QED) is 0.307. The smallest absolute Gasteiger partial charge is 0.309 e. The van der Waals surface area contributed by atoms with E-state index in [1.54, 1.807) is 34.6 Å². The number of hydrogen-bond acceptors (Lipinski definition) is 5. The van der Waals surface area contributed by atoms with Gasteiger partial charge in [0.2, 0.25) is 0 Å². The summed E-state index contributed by atoms with van der Waals surface area (Å²) in [6, 6.07) is 0. The number of hydrogen-bond donors (Lipinski definition) is 2. The van der Waals surface area contributed by atoms with Crippen molar-refractivity contribution in [1.82, 2.24) is 0 Å². The number of Topliss-reactive ketones (excluding diaryl/α,β-unsaturated/α-hetero) is 1. The molecule has 0 amide bonds. The van der Waals surface area contributed by atoms with Crippen molar-refractivity contribution in [3.8, 4) is 0 Å². The second kappa shape index (κ2) is 10.4. The molecule has 0 saturated heterocycles. The summed E-state index contributed by atoms with van der Waals surface area (Å²) >= 11 is 0. The maximum atomic E-state index is 13.7. The summed E-state index contributed by atoms with van der Waals surface area (Å²) in [6.45, 7) is 12.8. The third-order valence-electron chi connectivity index (χ3n) is 9.47. The summed E-state index contributed by atoms with van der Waals surface area (Å²) in [4.78, 5) is 38.7. The highest BCUT2D eigenvalue weighted by molar-refractivity contribution is 5.83. The molecule has 4 aliphatic rings. The van der Waals surface area contributed by atoms with E-state index in [2.05, 4.69) is 6.92 Å². The van der Waals surface area contributed by atoms with Gasteiger partial charge >= 0.3 is 11.9 Å². The lowest BCUT2D eigenvalue weighted by atomic mass is 9.44. The number of rotatable bonds is 12. The van der Waals surface area contributed by atoms with Crippen LogP contribution < -0.4 is 0 Å². The molecule has 0 radical (unpaired) electrons. The Bertz CT molecular complexity index is 823. The number of aliphatic hydroxyl groups is 1. The average molecular weight is 507 g/mol. The van der Waals surface area contributed by atoms with Crippen LogP contribution in [0, 0.1) is 40.4 Å². The number of carbonyl (C=O) groups excluding carboxylic acids is 2. The number of carboxylic acid groups (broad SMARTS) is 1. The van der Waals surface area contributed by atoms with Crippen LogP contribution in [0.2, 0.25) is 0 Å².